The molecule has 1 N–H and O–H groups in total. The van der Waals surface area contributed by atoms with Crippen molar-refractivity contribution in [3.05, 3.63) is 88.6 Å². The van der Waals surface area contributed by atoms with Crippen molar-refractivity contribution < 1.29 is 9.21 Å². The number of aromatic nitrogens is 2. The molecule has 0 aliphatic heterocycles. The van der Waals surface area contributed by atoms with Gasteiger partial charge in [0.05, 0.1) is 17.6 Å². The first-order valence-corrected chi connectivity index (χ1v) is 9.02. The number of hydrogen-bond donors (Lipinski definition) is 1. The maximum atomic E-state index is 12.4. The highest BCUT2D eigenvalue weighted by Crippen LogP contribution is 2.19. The molecule has 2 aromatic carbocycles. The van der Waals surface area contributed by atoms with Crippen molar-refractivity contribution in [1.82, 2.24) is 14.9 Å². The second-order valence-electron chi connectivity index (χ2n) is 6.27. The van der Waals surface area contributed by atoms with Crippen LogP contribution in [-0.2, 0) is 13.1 Å². The summed E-state index contributed by atoms with van der Waals surface area (Å²) in [6, 6.07) is 18.9. The van der Waals surface area contributed by atoms with Crippen LogP contribution in [0.25, 0.3) is 11.0 Å². The number of imidazole rings is 1. The van der Waals surface area contributed by atoms with E-state index in [9.17, 15) is 4.79 Å². The molecule has 0 saturated carbocycles. The van der Waals surface area contributed by atoms with Crippen molar-refractivity contribution in [3.8, 4) is 0 Å². The van der Waals surface area contributed by atoms with Gasteiger partial charge in [0.25, 0.3) is 5.91 Å². The summed E-state index contributed by atoms with van der Waals surface area (Å²) in [5, 5.41) is 3.46. The van der Waals surface area contributed by atoms with Gasteiger partial charge in [0.1, 0.15) is 11.6 Å². The molecule has 4 rings (SSSR count). The summed E-state index contributed by atoms with van der Waals surface area (Å²) in [7, 11) is 0. The van der Waals surface area contributed by atoms with E-state index in [1.807, 2.05) is 55.5 Å². The van der Waals surface area contributed by atoms with Gasteiger partial charge in [0.2, 0.25) is 0 Å². The van der Waals surface area contributed by atoms with E-state index in [0.717, 1.165) is 22.4 Å². The van der Waals surface area contributed by atoms with Crippen LogP contribution < -0.4 is 5.32 Å². The number of aryl methyl sites for hydroxylation is 1. The Bertz CT molecular complexity index is 1110. The first-order chi connectivity index (χ1) is 13.1. The topological polar surface area (TPSA) is 60.1 Å². The van der Waals surface area contributed by atoms with Crippen molar-refractivity contribution in [2.24, 2.45) is 0 Å². The van der Waals surface area contributed by atoms with E-state index in [1.54, 1.807) is 12.1 Å². The maximum absolute atomic E-state index is 12.4. The molecule has 2 heterocycles. The lowest BCUT2D eigenvalue weighted by Gasteiger charge is -2.06. The van der Waals surface area contributed by atoms with E-state index in [2.05, 4.69) is 14.9 Å². The Hall–Kier alpha value is -3.05. The third-order valence-corrected chi connectivity index (χ3v) is 4.81. The molecule has 0 aliphatic carbocycles. The van der Waals surface area contributed by atoms with Crippen molar-refractivity contribution in [3.63, 3.8) is 0 Å². The zero-order valence-corrected chi connectivity index (χ0v) is 15.5. The summed E-state index contributed by atoms with van der Waals surface area (Å²) in [5.41, 5.74) is 2.84. The number of halogens is 1. The molecule has 0 spiro atoms. The van der Waals surface area contributed by atoms with Gasteiger partial charge in [-0.15, -0.1) is 0 Å². The van der Waals surface area contributed by atoms with Crippen LogP contribution in [0.5, 0.6) is 0 Å². The van der Waals surface area contributed by atoms with E-state index in [0.29, 0.717) is 23.9 Å². The van der Waals surface area contributed by atoms with Crippen LogP contribution >= 0.6 is 11.6 Å². The summed E-state index contributed by atoms with van der Waals surface area (Å²) in [5.74, 6) is 1.61. The average molecular weight is 380 g/mol. The Morgan fingerprint density at radius 2 is 1.89 bits per heavy atom. The van der Waals surface area contributed by atoms with Crippen LogP contribution in [0.3, 0.4) is 0 Å². The van der Waals surface area contributed by atoms with Crippen LogP contribution in [0.15, 0.2) is 65.1 Å². The third kappa shape index (κ3) is 3.59. The fourth-order valence-corrected chi connectivity index (χ4v) is 3.24. The number of furan rings is 1. The summed E-state index contributed by atoms with van der Waals surface area (Å²) in [6.45, 7) is 2.82. The van der Waals surface area contributed by atoms with Gasteiger partial charge in [-0.3, -0.25) is 4.79 Å². The van der Waals surface area contributed by atoms with Crippen molar-refractivity contribution >= 4 is 28.5 Å². The number of nitrogens with zero attached hydrogens (tertiary/aromatic N) is 2. The molecule has 0 saturated heterocycles. The molecule has 6 heteroatoms. The quantitative estimate of drug-likeness (QED) is 0.552. The number of rotatable bonds is 5. The minimum Gasteiger partial charge on any atom is -0.454 e. The molecule has 0 unspecified atom stereocenters. The zero-order valence-electron chi connectivity index (χ0n) is 14.8. The lowest BCUT2D eigenvalue weighted by atomic mass is 10.2. The minimum atomic E-state index is -0.270. The summed E-state index contributed by atoms with van der Waals surface area (Å²) in [6.07, 6.45) is 0. The van der Waals surface area contributed by atoms with Crippen molar-refractivity contribution in [1.29, 1.82) is 0 Å². The molecule has 0 aliphatic rings. The molecule has 27 heavy (non-hydrogen) atoms. The molecule has 0 radical (unpaired) electrons. The highest BCUT2D eigenvalue weighted by molar-refractivity contribution is 6.31. The normalized spacial score (nSPS) is 11.0. The van der Waals surface area contributed by atoms with Gasteiger partial charge in [-0.2, -0.15) is 0 Å². The Kier molecular flexibility index (Phi) is 4.69. The Balaban J connectivity index is 1.47. The third-order valence-electron chi connectivity index (χ3n) is 4.44. The Morgan fingerprint density at radius 3 is 2.74 bits per heavy atom. The lowest BCUT2D eigenvalue weighted by molar-refractivity contribution is 0.0921. The molecule has 4 aromatic rings. The van der Waals surface area contributed by atoms with Gasteiger partial charge in [0.15, 0.2) is 5.76 Å². The first-order valence-electron chi connectivity index (χ1n) is 8.64. The number of carbonyl (C=O) groups is 1. The molecular formula is C21H18ClN3O2. The van der Waals surface area contributed by atoms with E-state index < -0.39 is 0 Å². The van der Waals surface area contributed by atoms with Gasteiger partial charge in [0, 0.05) is 11.6 Å². The lowest BCUT2D eigenvalue weighted by Crippen LogP contribution is -2.22. The van der Waals surface area contributed by atoms with Crippen molar-refractivity contribution in [2.45, 2.75) is 20.0 Å². The molecule has 136 valence electrons. The summed E-state index contributed by atoms with van der Waals surface area (Å²) >= 11 is 6.12. The molecule has 0 atom stereocenters. The van der Waals surface area contributed by atoms with Crippen LogP contribution in [0.1, 0.15) is 27.7 Å². The molecule has 1 amide bonds. The smallest absolute Gasteiger partial charge is 0.287 e. The SMILES string of the molecule is Cc1nc2ccccc2n1Cc1ccc(C(=O)NCc2ccccc2Cl)o1. The number of carbonyl (C=O) groups excluding carboxylic acids is 1. The second-order valence-corrected chi connectivity index (χ2v) is 6.68. The van der Waals surface area contributed by atoms with E-state index >= 15 is 0 Å². The number of amides is 1. The fraction of sp³-hybridized carbons (Fsp3) is 0.143. The van der Waals surface area contributed by atoms with Gasteiger partial charge in [-0.25, -0.2) is 4.98 Å². The zero-order chi connectivity index (χ0) is 18.8. The number of para-hydroxylation sites is 2. The van der Waals surface area contributed by atoms with Crippen LogP contribution in [0.2, 0.25) is 5.02 Å². The molecular weight excluding hydrogens is 362 g/mol. The van der Waals surface area contributed by atoms with Crippen LogP contribution in [0, 0.1) is 6.92 Å². The largest absolute Gasteiger partial charge is 0.454 e. The van der Waals surface area contributed by atoms with E-state index in [-0.39, 0.29) is 11.7 Å². The van der Waals surface area contributed by atoms with Gasteiger partial charge < -0.3 is 14.3 Å². The van der Waals surface area contributed by atoms with Gasteiger partial charge in [-0.1, -0.05) is 41.9 Å². The van der Waals surface area contributed by atoms with Crippen LogP contribution in [0.4, 0.5) is 0 Å². The van der Waals surface area contributed by atoms with Gasteiger partial charge in [-0.05, 0) is 42.8 Å². The molecule has 2 aromatic heterocycles. The summed E-state index contributed by atoms with van der Waals surface area (Å²) in [4.78, 5) is 16.9. The number of benzene rings is 2. The predicted octanol–water partition coefficient (Wildman–Crippen LogP) is 4.57. The summed E-state index contributed by atoms with van der Waals surface area (Å²) < 4.78 is 7.82. The Morgan fingerprint density at radius 1 is 1.11 bits per heavy atom. The average Bonchev–Trinajstić information content (AvgIpc) is 3.26. The maximum Gasteiger partial charge on any atom is 0.287 e. The number of nitrogens with one attached hydrogen (secondary N) is 1. The monoisotopic (exact) mass is 379 g/mol. The number of fused-ring (bicyclic) bond motifs is 1. The van der Waals surface area contributed by atoms with Crippen LogP contribution in [-0.4, -0.2) is 15.5 Å². The molecule has 0 bridgehead atoms. The molecule has 5 nitrogen and oxygen atoms in total. The standard InChI is InChI=1S/C21H18ClN3O2/c1-14-24-18-8-4-5-9-19(18)25(14)13-16-10-11-20(27-16)21(26)23-12-15-6-2-3-7-17(15)22/h2-11H,12-13H2,1H3,(H,23,26). The Labute approximate surface area is 161 Å². The highest BCUT2D eigenvalue weighted by atomic mass is 35.5. The fourth-order valence-electron chi connectivity index (χ4n) is 3.04. The van der Waals surface area contributed by atoms with E-state index in [1.165, 1.54) is 0 Å². The molecule has 0 fully saturated rings. The second kappa shape index (κ2) is 7.29. The van der Waals surface area contributed by atoms with E-state index in [4.69, 9.17) is 16.0 Å². The minimum absolute atomic E-state index is 0.270. The highest BCUT2D eigenvalue weighted by Gasteiger charge is 2.14. The predicted molar refractivity (Wildman–Crippen MR) is 105 cm³/mol. The van der Waals surface area contributed by atoms with Crippen molar-refractivity contribution in [2.75, 3.05) is 0 Å². The number of hydrogen-bond acceptors (Lipinski definition) is 3. The first kappa shape index (κ1) is 17.4. The van der Waals surface area contributed by atoms with Gasteiger partial charge >= 0.3 is 0 Å².